The van der Waals surface area contributed by atoms with E-state index in [0.717, 1.165) is 11.8 Å². The Morgan fingerprint density at radius 3 is 2.88 bits per heavy atom. The Morgan fingerprint density at radius 2 is 2.24 bits per heavy atom. The molecule has 94 valence electrons. The summed E-state index contributed by atoms with van der Waals surface area (Å²) in [5.41, 5.74) is 4.30. The van der Waals surface area contributed by atoms with Crippen LogP contribution in [0.15, 0.2) is 18.2 Å². The Labute approximate surface area is 109 Å². The van der Waals surface area contributed by atoms with Crippen molar-refractivity contribution in [1.29, 1.82) is 0 Å². The molecule has 0 spiro atoms. The van der Waals surface area contributed by atoms with Crippen molar-refractivity contribution in [3.63, 3.8) is 0 Å². The first kappa shape index (κ1) is 13.0. The van der Waals surface area contributed by atoms with Crippen molar-refractivity contribution in [2.75, 3.05) is 12.3 Å². The van der Waals surface area contributed by atoms with Gasteiger partial charge in [0.05, 0.1) is 0 Å². The van der Waals surface area contributed by atoms with Crippen molar-refractivity contribution in [1.82, 2.24) is 5.32 Å². The summed E-state index contributed by atoms with van der Waals surface area (Å²) < 4.78 is 0. The van der Waals surface area contributed by atoms with Crippen LogP contribution in [-0.2, 0) is 0 Å². The van der Waals surface area contributed by atoms with Gasteiger partial charge in [0.25, 0.3) is 0 Å². The van der Waals surface area contributed by atoms with Gasteiger partial charge in [-0.15, -0.1) is 0 Å². The lowest BCUT2D eigenvalue weighted by Crippen LogP contribution is -2.29. The Hall–Kier alpha value is -0.470. The number of thioether (sulfide) groups is 1. The highest BCUT2D eigenvalue weighted by Crippen LogP contribution is 2.37. The smallest absolute Gasteiger partial charge is 0.0443 e. The quantitative estimate of drug-likeness (QED) is 0.870. The molecule has 0 bridgehead atoms. The van der Waals surface area contributed by atoms with Crippen molar-refractivity contribution in [2.45, 2.75) is 44.9 Å². The van der Waals surface area contributed by atoms with E-state index in [2.05, 4.69) is 56.0 Å². The Bertz CT molecular complexity index is 369. The van der Waals surface area contributed by atoms with Crippen LogP contribution in [0, 0.1) is 13.8 Å². The SMILES string of the molecule is CCNC(c1cc(C)ccc1C)C1CCCS1. The maximum atomic E-state index is 3.69. The zero-order valence-corrected chi connectivity index (χ0v) is 11.9. The van der Waals surface area contributed by atoms with Crippen LogP contribution in [0.1, 0.15) is 42.5 Å². The number of aryl methyl sites for hydroxylation is 2. The van der Waals surface area contributed by atoms with E-state index in [-0.39, 0.29) is 0 Å². The second-order valence-electron chi connectivity index (χ2n) is 4.95. The molecule has 2 rings (SSSR count). The van der Waals surface area contributed by atoms with E-state index in [1.54, 1.807) is 0 Å². The van der Waals surface area contributed by atoms with E-state index in [1.165, 1.54) is 35.3 Å². The molecule has 1 aliphatic heterocycles. The number of hydrogen-bond donors (Lipinski definition) is 1. The highest BCUT2D eigenvalue weighted by molar-refractivity contribution is 8.00. The van der Waals surface area contributed by atoms with Crippen LogP contribution in [0.25, 0.3) is 0 Å². The lowest BCUT2D eigenvalue weighted by atomic mass is 9.95. The first-order valence-electron chi connectivity index (χ1n) is 6.64. The lowest BCUT2D eigenvalue weighted by Gasteiger charge is -2.26. The molecule has 2 heteroatoms. The van der Waals surface area contributed by atoms with Gasteiger partial charge in [-0.05, 0) is 50.1 Å². The minimum Gasteiger partial charge on any atom is -0.309 e. The molecule has 1 aromatic carbocycles. The molecule has 1 aliphatic rings. The number of hydrogen-bond acceptors (Lipinski definition) is 2. The third-order valence-electron chi connectivity index (χ3n) is 3.53. The summed E-state index contributed by atoms with van der Waals surface area (Å²) in [5, 5.41) is 4.45. The molecule has 1 nitrogen and oxygen atoms in total. The molecule has 0 amide bonds. The van der Waals surface area contributed by atoms with Gasteiger partial charge in [0.15, 0.2) is 0 Å². The molecule has 17 heavy (non-hydrogen) atoms. The fourth-order valence-corrected chi connectivity index (χ4v) is 4.03. The van der Waals surface area contributed by atoms with E-state index in [4.69, 9.17) is 0 Å². The normalized spacial score (nSPS) is 21.7. The summed E-state index contributed by atoms with van der Waals surface area (Å²) >= 11 is 2.14. The van der Waals surface area contributed by atoms with E-state index in [0.29, 0.717) is 6.04 Å². The van der Waals surface area contributed by atoms with Crippen LogP contribution < -0.4 is 5.32 Å². The lowest BCUT2D eigenvalue weighted by molar-refractivity contribution is 0.517. The fourth-order valence-electron chi connectivity index (χ4n) is 2.62. The minimum absolute atomic E-state index is 0.535. The molecular weight excluding hydrogens is 226 g/mol. The van der Waals surface area contributed by atoms with Gasteiger partial charge in [-0.2, -0.15) is 11.8 Å². The van der Waals surface area contributed by atoms with Gasteiger partial charge in [0.2, 0.25) is 0 Å². The topological polar surface area (TPSA) is 12.0 Å². The fraction of sp³-hybridized carbons (Fsp3) is 0.600. The summed E-state index contributed by atoms with van der Waals surface area (Å²) in [5.74, 6) is 1.33. The first-order valence-corrected chi connectivity index (χ1v) is 7.69. The zero-order valence-electron chi connectivity index (χ0n) is 11.1. The summed E-state index contributed by atoms with van der Waals surface area (Å²) in [6, 6.07) is 7.37. The van der Waals surface area contributed by atoms with Crippen molar-refractivity contribution < 1.29 is 0 Å². The van der Waals surface area contributed by atoms with Crippen LogP contribution in [0.5, 0.6) is 0 Å². The van der Waals surface area contributed by atoms with Crippen molar-refractivity contribution in [3.8, 4) is 0 Å². The predicted molar refractivity (Wildman–Crippen MR) is 77.8 cm³/mol. The second kappa shape index (κ2) is 5.92. The largest absolute Gasteiger partial charge is 0.309 e. The van der Waals surface area contributed by atoms with Crippen LogP contribution in [0.4, 0.5) is 0 Å². The predicted octanol–water partition coefficient (Wildman–Crippen LogP) is 3.85. The Kier molecular flexibility index (Phi) is 4.52. The second-order valence-corrected chi connectivity index (χ2v) is 6.29. The Balaban J connectivity index is 2.27. The summed E-state index contributed by atoms with van der Waals surface area (Å²) in [6.07, 6.45) is 2.73. The number of benzene rings is 1. The molecule has 1 saturated heterocycles. The van der Waals surface area contributed by atoms with E-state index in [9.17, 15) is 0 Å². The third kappa shape index (κ3) is 3.05. The monoisotopic (exact) mass is 249 g/mol. The van der Waals surface area contributed by atoms with Gasteiger partial charge in [-0.1, -0.05) is 30.7 Å². The van der Waals surface area contributed by atoms with Crippen LogP contribution in [0.3, 0.4) is 0 Å². The zero-order chi connectivity index (χ0) is 12.3. The number of rotatable bonds is 4. The molecule has 2 unspecified atom stereocenters. The van der Waals surface area contributed by atoms with E-state index < -0.39 is 0 Å². The molecule has 1 aromatic rings. The van der Waals surface area contributed by atoms with Crippen LogP contribution in [-0.4, -0.2) is 17.5 Å². The van der Waals surface area contributed by atoms with E-state index >= 15 is 0 Å². The molecular formula is C15H23NS. The first-order chi connectivity index (χ1) is 8.22. The third-order valence-corrected chi connectivity index (χ3v) is 4.99. The molecule has 1 N–H and O–H groups in total. The maximum Gasteiger partial charge on any atom is 0.0443 e. The molecule has 0 radical (unpaired) electrons. The van der Waals surface area contributed by atoms with Gasteiger partial charge in [0.1, 0.15) is 0 Å². The van der Waals surface area contributed by atoms with Crippen LogP contribution >= 0.6 is 11.8 Å². The Morgan fingerprint density at radius 1 is 1.41 bits per heavy atom. The van der Waals surface area contributed by atoms with E-state index in [1.807, 2.05) is 0 Å². The highest BCUT2D eigenvalue weighted by Gasteiger charge is 2.27. The van der Waals surface area contributed by atoms with Crippen molar-refractivity contribution >= 4 is 11.8 Å². The molecule has 2 atom stereocenters. The van der Waals surface area contributed by atoms with Gasteiger partial charge in [0, 0.05) is 11.3 Å². The minimum atomic E-state index is 0.535. The van der Waals surface area contributed by atoms with Gasteiger partial charge >= 0.3 is 0 Å². The maximum absolute atomic E-state index is 3.69. The molecule has 0 aromatic heterocycles. The highest BCUT2D eigenvalue weighted by atomic mass is 32.2. The molecule has 1 fully saturated rings. The van der Waals surface area contributed by atoms with Gasteiger partial charge in [-0.25, -0.2) is 0 Å². The van der Waals surface area contributed by atoms with Gasteiger partial charge < -0.3 is 5.32 Å². The molecule has 0 saturated carbocycles. The number of nitrogens with one attached hydrogen (secondary N) is 1. The summed E-state index contributed by atoms with van der Waals surface area (Å²) in [7, 11) is 0. The van der Waals surface area contributed by atoms with Crippen molar-refractivity contribution in [3.05, 3.63) is 34.9 Å². The van der Waals surface area contributed by atoms with Gasteiger partial charge in [-0.3, -0.25) is 0 Å². The average Bonchev–Trinajstić information content (AvgIpc) is 2.83. The van der Waals surface area contributed by atoms with Crippen LogP contribution in [0.2, 0.25) is 0 Å². The van der Waals surface area contributed by atoms with Crippen molar-refractivity contribution in [2.24, 2.45) is 0 Å². The molecule has 1 heterocycles. The summed E-state index contributed by atoms with van der Waals surface area (Å²) in [4.78, 5) is 0. The summed E-state index contributed by atoms with van der Waals surface area (Å²) in [6.45, 7) is 7.68. The standard InChI is InChI=1S/C15H23NS/c1-4-16-15(14-6-5-9-17-14)13-10-11(2)7-8-12(13)3/h7-8,10,14-16H,4-6,9H2,1-3H3. The average molecular weight is 249 g/mol. The molecule has 0 aliphatic carbocycles.